The number of hydrogen-bond acceptors (Lipinski definition) is 9. The third-order valence-corrected chi connectivity index (χ3v) is 10.6. The van der Waals surface area contributed by atoms with Crippen molar-refractivity contribution >= 4 is 18.1 Å². The summed E-state index contributed by atoms with van der Waals surface area (Å²) in [5.41, 5.74) is 0. The molecular formula is C45H88N2O7. The fourth-order valence-corrected chi connectivity index (χ4v) is 6.82. The van der Waals surface area contributed by atoms with Crippen LogP contribution >= 0.6 is 0 Å². The van der Waals surface area contributed by atoms with Gasteiger partial charge in [0.15, 0.2) is 0 Å². The maximum absolute atomic E-state index is 12.8. The molecule has 0 saturated carbocycles. The van der Waals surface area contributed by atoms with Gasteiger partial charge in [-0.2, -0.15) is 0 Å². The van der Waals surface area contributed by atoms with Gasteiger partial charge in [-0.05, 0) is 70.4 Å². The van der Waals surface area contributed by atoms with Crippen LogP contribution in [0.15, 0.2) is 0 Å². The largest absolute Gasteiger partial charge is 0.508 e. The van der Waals surface area contributed by atoms with E-state index in [0.717, 1.165) is 110 Å². The van der Waals surface area contributed by atoms with E-state index in [1.165, 1.54) is 64.2 Å². The minimum Gasteiger partial charge on any atom is -0.465 e. The molecule has 0 radical (unpaired) electrons. The van der Waals surface area contributed by atoms with Crippen molar-refractivity contribution in [2.24, 2.45) is 5.92 Å². The molecule has 0 fully saturated rings. The maximum Gasteiger partial charge on any atom is 0.508 e. The van der Waals surface area contributed by atoms with Crippen LogP contribution in [0, 0.1) is 5.92 Å². The monoisotopic (exact) mass is 769 g/mol. The number of carbonyl (C=O) groups excluding carboxylic acids is 3. The highest BCUT2D eigenvalue weighted by Gasteiger charge is 2.17. The number of likely N-dealkylation sites (N-methyl/N-ethyl adjacent to an activating group) is 1. The number of unbranched alkanes of at least 4 members (excludes halogenated alkanes) is 14. The van der Waals surface area contributed by atoms with Crippen molar-refractivity contribution in [2.45, 2.75) is 208 Å². The Morgan fingerprint density at radius 3 is 1.48 bits per heavy atom. The predicted octanol–water partition coefficient (Wildman–Crippen LogP) is 11.7. The molecule has 0 saturated heterocycles. The number of carbonyl (C=O) groups is 3. The van der Waals surface area contributed by atoms with Crippen LogP contribution < -0.4 is 0 Å². The van der Waals surface area contributed by atoms with Crippen molar-refractivity contribution in [3.8, 4) is 0 Å². The molecule has 0 bridgehead atoms. The molecular weight excluding hydrogens is 681 g/mol. The zero-order chi connectivity index (χ0) is 39.9. The van der Waals surface area contributed by atoms with Gasteiger partial charge >= 0.3 is 18.1 Å². The van der Waals surface area contributed by atoms with Gasteiger partial charge in [-0.15, -0.1) is 0 Å². The molecule has 2 atom stereocenters. The van der Waals surface area contributed by atoms with Crippen molar-refractivity contribution in [3.63, 3.8) is 0 Å². The van der Waals surface area contributed by atoms with E-state index < -0.39 is 6.16 Å². The summed E-state index contributed by atoms with van der Waals surface area (Å²) in [4.78, 5) is 41.9. The molecule has 9 nitrogen and oxygen atoms in total. The Bertz CT molecular complexity index is 854. The Morgan fingerprint density at radius 2 is 0.889 bits per heavy atom. The molecule has 54 heavy (non-hydrogen) atoms. The lowest BCUT2D eigenvalue weighted by Crippen LogP contribution is -2.39. The van der Waals surface area contributed by atoms with Crippen molar-refractivity contribution in [3.05, 3.63) is 0 Å². The number of ether oxygens (including phenoxy) is 4. The molecule has 320 valence electrons. The maximum atomic E-state index is 12.8. The average molecular weight is 769 g/mol. The zero-order valence-electron chi connectivity index (χ0n) is 36.4. The van der Waals surface area contributed by atoms with Gasteiger partial charge in [0.05, 0.1) is 6.61 Å². The van der Waals surface area contributed by atoms with Gasteiger partial charge in [-0.3, -0.25) is 14.5 Å². The van der Waals surface area contributed by atoms with Crippen molar-refractivity contribution in [1.29, 1.82) is 0 Å². The second kappa shape index (κ2) is 39.4. The van der Waals surface area contributed by atoms with Crippen LogP contribution in [0.3, 0.4) is 0 Å². The van der Waals surface area contributed by atoms with Crippen molar-refractivity contribution < 1.29 is 33.3 Å². The second-order valence-electron chi connectivity index (χ2n) is 15.4. The predicted molar refractivity (Wildman–Crippen MR) is 224 cm³/mol. The number of nitrogens with zero attached hydrogens (tertiary/aromatic N) is 2. The average Bonchev–Trinajstić information content (AvgIpc) is 3.16. The lowest BCUT2D eigenvalue weighted by Gasteiger charge is -2.26. The van der Waals surface area contributed by atoms with Gasteiger partial charge in [-0.1, -0.05) is 138 Å². The van der Waals surface area contributed by atoms with Crippen LogP contribution in [0.5, 0.6) is 0 Å². The summed E-state index contributed by atoms with van der Waals surface area (Å²) in [6.45, 7) is 19.2. The summed E-state index contributed by atoms with van der Waals surface area (Å²) in [6.07, 6.45) is 25.7. The van der Waals surface area contributed by atoms with Gasteiger partial charge in [0.25, 0.3) is 0 Å². The van der Waals surface area contributed by atoms with E-state index in [1.54, 1.807) is 0 Å². The molecule has 0 aliphatic carbocycles. The Balaban J connectivity index is 4.56. The first-order valence-electron chi connectivity index (χ1n) is 22.9. The van der Waals surface area contributed by atoms with E-state index in [-0.39, 0.29) is 24.6 Å². The second-order valence-corrected chi connectivity index (χ2v) is 15.4. The number of esters is 2. The van der Waals surface area contributed by atoms with E-state index in [0.29, 0.717) is 45.1 Å². The minimum atomic E-state index is -0.582. The highest BCUT2D eigenvalue weighted by Crippen LogP contribution is 2.20. The highest BCUT2D eigenvalue weighted by atomic mass is 16.7. The minimum absolute atomic E-state index is 0.0361. The van der Waals surface area contributed by atoms with Crippen LogP contribution in [0.2, 0.25) is 0 Å². The topological polar surface area (TPSA) is 94.6 Å². The molecule has 0 spiro atoms. The van der Waals surface area contributed by atoms with Crippen LogP contribution in [0.25, 0.3) is 0 Å². The lowest BCUT2D eigenvalue weighted by atomic mass is 9.96. The van der Waals surface area contributed by atoms with E-state index in [9.17, 15) is 14.4 Å². The highest BCUT2D eigenvalue weighted by molar-refractivity contribution is 5.69. The standard InChI is InChI=1S/C45H88N2O7/c1-7-13-17-24-29-41(28-16-10-4)40-53-44(49)33-27-22-20-19-21-26-31-42(30-25-18-14-8-2)54-45(50)52-39-37-47(35-34-46(11-5)12-6)36-38-51-43(48)32-23-15-9-3/h41-42H,7-40H2,1-6H3. The normalized spacial score (nSPS) is 12.6. The van der Waals surface area contributed by atoms with Crippen LogP contribution in [0.4, 0.5) is 4.79 Å². The molecule has 0 N–H and O–H groups in total. The molecule has 0 aromatic carbocycles. The lowest BCUT2D eigenvalue weighted by molar-refractivity contribution is -0.145. The van der Waals surface area contributed by atoms with Crippen LogP contribution in [-0.2, 0) is 28.5 Å². The summed E-state index contributed by atoms with van der Waals surface area (Å²) in [5, 5.41) is 0. The van der Waals surface area contributed by atoms with E-state index in [4.69, 9.17) is 18.9 Å². The molecule has 0 amide bonds. The van der Waals surface area contributed by atoms with Gasteiger partial charge in [-0.25, -0.2) is 4.79 Å². The Hall–Kier alpha value is -1.87. The smallest absolute Gasteiger partial charge is 0.465 e. The molecule has 0 heterocycles. The van der Waals surface area contributed by atoms with E-state index >= 15 is 0 Å². The summed E-state index contributed by atoms with van der Waals surface area (Å²) >= 11 is 0. The molecule has 9 heteroatoms. The number of rotatable bonds is 40. The summed E-state index contributed by atoms with van der Waals surface area (Å²) in [7, 11) is 0. The van der Waals surface area contributed by atoms with Crippen molar-refractivity contribution in [2.75, 3.05) is 59.1 Å². The third-order valence-electron chi connectivity index (χ3n) is 10.6. The van der Waals surface area contributed by atoms with Crippen LogP contribution in [-0.4, -0.2) is 93.1 Å². The molecule has 2 unspecified atom stereocenters. The first-order valence-corrected chi connectivity index (χ1v) is 22.9. The molecule has 0 aromatic rings. The number of hydrogen-bond donors (Lipinski definition) is 0. The first kappa shape index (κ1) is 52.1. The molecule has 0 aliphatic rings. The fraction of sp³-hybridized carbons (Fsp3) is 0.933. The van der Waals surface area contributed by atoms with Gasteiger partial charge in [0, 0.05) is 39.0 Å². The zero-order valence-corrected chi connectivity index (χ0v) is 36.4. The third kappa shape index (κ3) is 33.5. The summed E-state index contributed by atoms with van der Waals surface area (Å²) in [6, 6.07) is 0. The van der Waals surface area contributed by atoms with Gasteiger partial charge in [0.2, 0.25) is 0 Å². The van der Waals surface area contributed by atoms with Crippen LogP contribution in [0.1, 0.15) is 202 Å². The van der Waals surface area contributed by atoms with E-state index in [1.807, 2.05) is 0 Å². The Morgan fingerprint density at radius 1 is 0.444 bits per heavy atom. The molecule has 0 aliphatic heterocycles. The summed E-state index contributed by atoms with van der Waals surface area (Å²) in [5.74, 6) is 0.341. The molecule has 0 rings (SSSR count). The Labute approximate surface area is 333 Å². The Kier molecular flexibility index (Phi) is 38.0. The summed E-state index contributed by atoms with van der Waals surface area (Å²) < 4.78 is 22.6. The first-order chi connectivity index (χ1) is 26.3. The van der Waals surface area contributed by atoms with Gasteiger partial charge < -0.3 is 23.8 Å². The fourth-order valence-electron chi connectivity index (χ4n) is 6.82. The SMILES string of the molecule is CCCCCCC(CCCC)COC(=O)CCCCCCCCC(CCCCCC)OC(=O)OCCN(CCOC(=O)CCCCC)CCN(CC)CC. The van der Waals surface area contributed by atoms with Crippen molar-refractivity contribution in [1.82, 2.24) is 9.80 Å². The van der Waals surface area contributed by atoms with E-state index in [2.05, 4.69) is 51.3 Å². The molecule has 0 aromatic heterocycles. The van der Waals surface area contributed by atoms with Gasteiger partial charge in [0.1, 0.15) is 19.3 Å². The quantitative estimate of drug-likeness (QED) is 0.0343.